The Morgan fingerprint density at radius 1 is 1.38 bits per heavy atom. The van der Waals surface area contributed by atoms with E-state index in [4.69, 9.17) is 11.6 Å². The highest BCUT2D eigenvalue weighted by Crippen LogP contribution is 2.18. The van der Waals surface area contributed by atoms with E-state index in [-0.39, 0.29) is 5.38 Å². The van der Waals surface area contributed by atoms with Crippen LogP contribution in [0, 0.1) is 0 Å². The van der Waals surface area contributed by atoms with Crippen LogP contribution in [0.25, 0.3) is 0 Å². The molecule has 0 saturated heterocycles. The Labute approximate surface area is 108 Å². The molecular weight excluding hydrogens is 288 g/mol. The second-order valence-electron chi connectivity index (χ2n) is 3.71. The molecule has 1 aromatic carbocycles. The molecule has 0 aliphatic rings. The molecule has 84 valence electrons. The number of hydrogen-bond acceptors (Lipinski definition) is 1. The average molecular weight is 300 g/mol. The van der Waals surface area contributed by atoms with Crippen molar-refractivity contribution in [2.24, 2.45) is 0 Å². The van der Waals surface area contributed by atoms with Crippen molar-refractivity contribution in [1.29, 1.82) is 0 Å². The lowest BCUT2D eigenvalue weighted by molar-refractivity contribution is 0.686. The van der Waals surface area contributed by atoms with Gasteiger partial charge in [0.05, 0.1) is 18.1 Å². The van der Waals surface area contributed by atoms with Crippen molar-refractivity contribution in [3.63, 3.8) is 0 Å². The average Bonchev–Trinajstić information content (AvgIpc) is 2.70. The molecule has 0 saturated carbocycles. The summed E-state index contributed by atoms with van der Waals surface area (Å²) in [6, 6.07) is 8.22. The summed E-state index contributed by atoms with van der Waals surface area (Å²) in [5, 5.41) is 4.29. The smallest absolute Gasteiger partial charge is 0.0659 e. The van der Waals surface area contributed by atoms with E-state index < -0.39 is 0 Å². The van der Waals surface area contributed by atoms with Gasteiger partial charge in [-0.15, -0.1) is 11.6 Å². The van der Waals surface area contributed by atoms with Crippen LogP contribution in [0.5, 0.6) is 0 Å². The Morgan fingerprint density at radius 3 is 2.62 bits per heavy atom. The molecule has 0 bridgehead atoms. The topological polar surface area (TPSA) is 17.8 Å². The standard InChI is InChI=1S/C12H12BrClN2/c1-9(14)11-6-15-16(8-11)7-10-2-4-12(13)5-3-10/h2-6,8-9H,7H2,1H3. The normalized spacial score (nSPS) is 12.7. The van der Waals surface area contributed by atoms with Gasteiger partial charge in [-0.1, -0.05) is 28.1 Å². The molecule has 0 N–H and O–H groups in total. The van der Waals surface area contributed by atoms with Crippen LogP contribution in [0.2, 0.25) is 0 Å². The van der Waals surface area contributed by atoms with Crippen LogP contribution in [0.3, 0.4) is 0 Å². The third-order valence-corrected chi connectivity index (χ3v) is 3.15. The summed E-state index contributed by atoms with van der Waals surface area (Å²) < 4.78 is 2.99. The highest BCUT2D eigenvalue weighted by molar-refractivity contribution is 9.10. The van der Waals surface area contributed by atoms with E-state index in [1.54, 1.807) is 0 Å². The summed E-state index contributed by atoms with van der Waals surface area (Å²) in [6.07, 6.45) is 3.80. The Kier molecular flexibility index (Phi) is 3.66. The quantitative estimate of drug-likeness (QED) is 0.784. The summed E-state index contributed by atoms with van der Waals surface area (Å²) in [7, 11) is 0. The number of benzene rings is 1. The Balaban J connectivity index is 2.11. The summed E-state index contributed by atoms with van der Waals surface area (Å²) in [6.45, 7) is 2.72. The van der Waals surface area contributed by atoms with E-state index in [1.165, 1.54) is 5.56 Å². The number of aromatic nitrogens is 2. The van der Waals surface area contributed by atoms with Crippen LogP contribution in [-0.2, 0) is 6.54 Å². The molecule has 1 aromatic heterocycles. The zero-order valence-electron chi connectivity index (χ0n) is 8.90. The van der Waals surface area contributed by atoms with Gasteiger partial charge in [-0.05, 0) is 24.6 Å². The van der Waals surface area contributed by atoms with E-state index in [0.29, 0.717) is 0 Å². The molecule has 2 rings (SSSR count). The Bertz CT molecular complexity index is 462. The lowest BCUT2D eigenvalue weighted by Crippen LogP contribution is -1.99. The molecule has 4 heteroatoms. The second-order valence-corrected chi connectivity index (χ2v) is 5.28. The maximum Gasteiger partial charge on any atom is 0.0659 e. The number of nitrogens with zero attached hydrogens (tertiary/aromatic N) is 2. The molecule has 1 atom stereocenters. The van der Waals surface area contributed by atoms with Gasteiger partial charge in [-0.3, -0.25) is 4.68 Å². The van der Waals surface area contributed by atoms with Gasteiger partial charge in [0.15, 0.2) is 0 Å². The summed E-state index contributed by atoms with van der Waals surface area (Å²) >= 11 is 9.39. The van der Waals surface area contributed by atoms with Gasteiger partial charge in [-0.25, -0.2) is 0 Å². The van der Waals surface area contributed by atoms with Crippen molar-refractivity contribution in [2.45, 2.75) is 18.8 Å². The Hall–Kier alpha value is -0.800. The molecule has 2 aromatic rings. The zero-order valence-corrected chi connectivity index (χ0v) is 11.2. The molecule has 0 aliphatic heterocycles. The first-order valence-corrected chi connectivity index (χ1v) is 6.29. The molecule has 0 fully saturated rings. The van der Waals surface area contributed by atoms with Crippen molar-refractivity contribution >= 4 is 27.5 Å². The monoisotopic (exact) mass is 298 g/mol. The highest BCUT2D eigenvalue weighted by atomic mass is 79.9. The third kappa shape index (κ3) is 2.86. The maximum absolute atomic E-state index is 5.98. The predicted octanol–water partition coefficient (Wildman–Crippen LogP) is 3.99. The van der Waals surface area contributed by atoms with Gasteiger partial charge in [0, 0.05) is 16.2 Å². The van der Waals surface area contributed by atoms with E-state index in [2.05, 4.69) is 33.2 Å². The van der Waals surface area contributed by atoms with Crippen LogP contribution < -0.4 is 0 Å². The molecule has 2 nitrogen and oxygen atoms in total. The summed E-state index contributed by atoms with van der Waals surface area (Å²) in [5.74, 6) is 0. The molecule has 0 amide bonds. The maximum atomic E-state index is 5.98. The molecule has 1 heterocycles. The van der Waals surface area contributed by atoms with Gasteiger partial charge >= 0.3 is 0 Å². The minimum absolute atomic E-state index is 0.0127. The van der Waals surface area contributed by atoms with Crippen molar-refractivity contribution in [2.75, 3.05) is 0 Å². The molecule has 0 aliphatic carbocycles. The fraction of sp³-hybridized carbons (Fsp3) is 0.250. The highest BCUT2D eigenvalue weighted by Gasteiger charge is 2.04. The predicted molar refractivity (Wildman–Crippen MR) is 69.7 cm³/mol. The lowest BCUT2D eigenvalue weighted by atomic mass is 10.2. The van der Waals surface area contributed by atoms with Crippen molar-refractivity contribution in [3.8, 4) is 0 Å². The fourth-order valence-corrected chi connectivity index (χ4v) is 1.83. The second kappa shape index (κ2) is 5.02. The number of hydrogen-bond donors (Lipinski definition) is 0. The van der Waals surface area contributed by atoms with Crippen LogP contribution in [0.4, 0.5) is 0 Å². The third-order valence-electron chi connectivity index (χ3n) is 2.37. The minimum atomic E-state index is 0.0127. The largest absolute Gasteiger partial charge is 0.268 e. The van der Waals surface area contributed by atoms with Crippen LogP contribution in [-0.4, -0.2) is 9.78 Å². The van der Waals surface area contributed by atoms with E-state index >= 15 is 0 Å². The number of alkyl halides is 1. The Morgan fingerprint density at radius 2 is 2.06 bits per heavy atom. The lowest BCUT2D eigenvalue weighted by Gasteiger charge is -2.02. The van der Waals surface area contributed by atoms with Gasteiger partial charge in [0.25, 0.3) is 0 Å². The number of rotatable bonds is 3. The fourth-order valence-electron chi connectivity index (χ4n) is 1.45. The molecule has 0 radical (unpaired) electrons. The van der Waals surface area contributed by atoms with Gasteiger partial charge in [-0.2, -0.15) is 5.10 Å². The first kappa shape index (κ1) is 11.7. The minimum Gasteiger partial charge on any atom is -0.268 e. The van der Waals surface area contributed by atoms with E-state index in [1.807, 2.05) is 36.1 Å². The van der Waals surface area contributed by atoms with Crippen molar-refractivity contribution < 1.29 is 0 Å². The SMILES string of the molecule is CC(Cl)c1cnn(Cc2ccc(Br)cc2)c1. The first-order chi connectivity index (χ1) is 7.65. The van der Waals surface area contributed by atoms with E-state index in [0.717, 1.165) is 16.6 Å². The van der Waals surface area contributed by atoms with Crippen LogP contribution in [0.15, 0.2) is 41.1 Å². The van der Waals surface area contributed by atoms with Crippen LogP contribution >= 0.6 is 27.5 Å². The first-order valence-electron chi connectivity index (χ1n) is 5.06. The summed E-state index contributed by atoms with van der Waals surface area (Å²) in [5.41, 5.74) is 2.28. The molecule has 16 heavy (non-hydrogen) atoms. The van der Waals surface area contributed by atoms with Gasteiger partial charge in [0.2, 0.25) is 0 Å². The molecule has 0 spiro atoms. The van der Waals surface area contributed by atoms with Crippen molar-refractivity contribution in [3.05, 3.63) is 52.3 Å². The summed E-state index contributed by atoms with van der Waals surface area (Å²) in [4.78, 5) is 0. The zero-order chi connectivity index (χ0) is 11.5. The van der Waals surface area contributed by atoms with Crippen molar-refractivity contribution in [1.82, 2.24) is 9.78 Å². The van der Waals surface area contributed by atoms with Gasteiger partial charge < -0.3 is 0 Å². The van der Waals surface area contributed by atoms with E-state index in [9.17, 15) is 0 Å². The number of halogens is 2. The molecular formula is C12H12BrClN2. The molecule has 1 unspecified atom stereocenters. The van der Waals surface area contributed by atoms with Gasteiger partial charge in [0.1, 0.15) is 0 Å². The van der Waals surface area contributed by atoms with Crippen LogP contribution in [0.1, 0.15) is 23.4 Å².